The van der Waals surface area contributed by atoms with Crippen LogP contribution in [0.1, 0.15) is 10.4 Å². The van der Waals surface area contributed by atoms with Gasteiger partial charge in [0.15, 0.2) is 6.29 Å². The molecule has 0 atom stereocenters. The van der Waals surface area contributed by atoms with Gasteiger partial charge in [0.25, 0.3) is 0 Å². The van der Waals surface area contributed by atoms with Crippen LogP contribution in [0, 0.1) is 0 Å². The van der Waals surface area contributed by atoms with Gasteiger partial charge in [0, 0.05) is 21.5 Å². The van der Waals surface area contributed by atoms with Crippen molar-refractivity contribution in [2.75, 3.05) is 21.3 Å². The zero-order chi connectivity index (χ0) is 14.0. The van der Waals surface area contributed by atoms with E-state index in [4.69, 9.17) is 14.2 Å². The maximum atomic E-state index is 11.1. The maximum Gasteiger partial charge on any atom is 0.151 e. The number of fused-ring (bicyclic) bond motifs is 1. The molecule has 0 aromatic heterocycles. The van der Waals surface area contributed by atoms with E-state index in [9.17, 15) is 4.79 Å². The van der Waals surface area contributed by atoms with Crippen molar-refractivity contribution in [1.82, 2.24) is 0 Å². The van der Waals surface area contributed by atoms with Gasteiger partial charge in [-0.25, -0.2) is 0 Å². The van der Waals surface area contributed by atoms with Crippen molar-refractivity contribution in [2.24, 2.45) is 0 Å². The lowest BCUT2D eigenvalue weighted by Gasteiger charge is -2.14. The van der Waals surface area contributed by atoms with Gasteiger partial charge in [0.05, 0.1) is 26.7 Å². The lowest BCUT2D eigenvalue weighted by Crippen LogP contribution is -1.95. The third kappa shape index (κ3) is 2.26. The number of aldehydes is 1. The van der Waals surface area contributed by atoms with Crippen molar-refractivity contribution in [3.05, 3.63) is 28.2 Å². The van der Waals surface area contributed by atoms with E-state index in [1.54, 1.807) is 33.5 Å². The number of carbonyl (C=O) groups is 1. The van der Waals surface area contributed by atoms with Gasteiger partial charge in [-0.1, -0.05) is 0 Å². The van der Waals surface area contributed by atoms with Crippen LogP contribution in [-0.2, 0) is 0 Å². The van der Waals surface area contributed by atoms with Gasteiger partial charge in [0.1, 0.15) is 17.2 Å². The maximum absolute atomic E-state index is 11.1. The second-order valence-electron chi connectivity index (χ2n) is 3.85. The second kappa shape index (κ2) is 5.48. The van der Waals surface area contributed by atoms with Crippen molar-refractivity contribution in [3.63, 3.8) is 0 Å². The molecule has 0 aliphatic heterocycles. The lowest BCUT2D eigenvalue weighted by molar-refractivity contribution is 0.112. The standard InChI is InChI=1S/C14H13BrO4/c1-17-9-5-10-13(12(6-9)19-3)11(18-2)4-8(7-16)14(10)15/h4-7H,1-3H3. The SMILES string of the molecule is COc1cc(OC)c2c(OC)cc(C=O)c(Br)c2c1. The average molecular weight is 325 g/mol. The highest BCUT2D eigenvalue weighted by atomic mass is 79.9. The summed E-state index contributed by atoms with van der Waals surface area (Å²) < 4.78 is 16.6. The Kier molecular flexibility index (Phi) is 3.95. The summed E-state index contributed by atoms with van der Waals surface area (Å²) in [6, 6.07) is 5.28. The van der Waals surface area contributed by atoms with Crippen molar-refractivity contribution in [1.29, 1.82) is 0 Å². The molecule has 5 heteroatoms. The Bertz CT molecular complexity index is 637. The topological polar surface area (TPSA) is 44.8 Å². The van der Waals surface area contributed by atoms with Crippen molar-refractivity contribution >= 4 is 33.0 Å². The fraction of sp³-hybridized carbons (Fsp3) is 0.214. The van der Waals surface area contributed by atoms with Crippen LogP contribution in [0.3, 0.4) is 0 Å². The smallest absolute Gasteiger partial charge is 0.151 e. The number of carbonyl (C=O) groups excluding carboxylic acids is 1. The molecule has 4 nitrogen and oxygen atoms in total. The summed E-state index contributed by atoms with van der Waals surface area (Å²) in [7, 11) is 4.71. The summed E-state index contributed by atoms with van der Waals surface area (Å²) in [5.41, 5.74) is 0.514. The number of methoxy groups -OCH3 is 3. The summed E-state index contributed by atoms with van der Waals surface area (Å²) in [6.45, 7) is 0. The molecule has 0 aliphatic rings. The highest BCUT2D eigenvalue weighted by molar-refractivity contribution is 9.10. The fourth-order valence-electron chi connectivity index (χ4n) is 1.98. The van der Waals surface area contributed by atoms with Crippen molar-refractivity contribution in [2.45, 2.75) is 0 Å². The molecule has 0 saturated carbocycles. The highest BCUT2D eigenvalue weighted by Crippen LogP contribution is 2.42. The van der Waals surface area contributed by atoms with Crippen LogP contribution < -0.4 is 14.2 Å². The molecule has 0 amide bonds. The Morgan fingerprint density at radius 1 is 1.00 bits per heavy atom. The number of rotatable bonds is 4. The normalized spacial score (nSPS) is 10.3. The van der Waals surface area contributed by atoms with E-state index in [0.717, 1.165) is 17.1 Å². The van der Waals surface area contributed by atoms with Gasteiger partial charge in [-0.2, -0.15) is 0 Å². The van der Waals surface area contributed by atoms with Crippen LogP contribution >= 0.6 is 15.9 Å². The third-order valence-corrected chi connectivity index (χ3v) is 3.79. The monoisotopic (exact) mass is 324 g/mol. The minimum absolute atomic E-state index is 0.514. The molecular formula is C14H13BrO4. The minimum atomic E-state index is 0.514. The Labute approximate surface area is 119 Å². The molecular weight excluding hydrogens is 312 g/mol. The molecule has 2 rings (SSSR count). The van der Waals surface area contributed by atoms with E-state index < -0.39 is 0 Å². The fourth-order valence-corrected chi connectivity index (χ4v) is 2.50. The Morgan fingerprint density at radius 3 is 2.16 bits per heavy atom. The number of halogens is 1. The van der Waals surface area contributed by atoms with Gasteiger partial charge in [0.2, 0.25) is 0 Å². The number of hydrogen-bond donors (Lipinski definition) is 0. The van der Waals surface area contributed by atoms with Crippen LogP contribution in [0.4, 0.5) is 0 Å². The molecule has 0 bridgehead atoms. The summed E-state index contributed by atoms with van der Waals surface area (Å²) in [5.74, 6) is 1.86. The predicted molar refractivity (Wildman–Crippen MR) is 76.7 cm³/mol. The van der Waals surface area contributed by atoms with E-state index in [0.29, 0.717) is 27.3 Å². The number of ether oxygens (including phenoxy) is 3. The molecule has 100 valence electrons. The summed E-state index contributed by atoms with van der Waals surface area (Å²) in [5, 5.41) is 1.60. The van der Waals surface area contributed by atoms with Crippen molar-refractivity contribution < 1.29 is 19.0 Å². The second-order valence-corrected chi connectivity index (χ2v) is 4.65. The van der Waals surface area contributed by atoms with E-state index in [1.807, 2.05) is 6.07 Å². The zero-order valence-corrected chi connectivity index (χ0v) is 12.4. The molecule has 0 aliphatic carbocycles. The molecule has 0 heterocycles. The Hall–Kier alpha value is -1.75. The van der Waals surface area contributed by atoms with Gasteiger partial charge in [-0.05, 0) is 28.1 Å². The first-order chi connectivity index (χ1) is 9.15. The summed E-state index contributed by atoms with van der Waals surface area (Å²) >= 11 is 3.43. The summed E-state index contributed by atoms with van der Waals surface area (Å²) in [4.78, 5) is 11.1. The largest absolute Gasteiger partial charge is 0.497 e. The predicted octanol–water partition coefficient (Wildman–Crippen LogP) is 3.44. The number of hydrogen-bond acceptors (Lipinski definition) is 4. The third-order valence-electron chi connectivity index (χ3n) is 2.90. The summed E-state index contributed by atoms with van der Waals surface area (Å²) in [6.07, 6.45) is 0.776. The average Bonchev–Trinajstić information content (AvgIpc) is 2.46. The Morgan fingerprint density at radius 2 is 1.63 bits per heavy atom. The van der Waals surface area contributed by atoms with E-state index >= 15 is 0 Å². The molecule has 0 spiro atoms. The van der Waals surface area contributed by atoms with E-state index in [-0.39, 0.29) is 0 Å². The van der Waals surface area contributed by atoms with Crippen LogP contribution in [0.2, 0.25) is 0 Å². The van der Waals surface area contributed by atoms with Gasteiger partial charge in [-0.3, -0.25) is 4.79 Å². The highest BCUT2D eigenvalue weighted by Gasteiger charge is 2.16. The molecule has 0 radical (unpaired) electrons. The van der Waals surface area contributed by atoms with E-state index in [1.165, 1.54) is 0 Å². The van der Waals surface area contributed by atoms with Crippen LogP contribution in [0.5, 0.6) is 17.2 Å². The van der Waals surface area contributed by atoms with Crippen LogP contribution in [-0.4, -0.2) is 27.6 Å². The first kappa shape index (κ1) is 13.7. The molecule has 0 N–H and O–H groups in total. The number of benzene rings is 2. The van der Waals surface area contributed by atoms with Gasteiger partial charge < -0.3 is 14.2 Å². The Balaban J connectivity index is 2.95. The molecule has 19 heavy (non-hydrogen) atoms. The van der Waals surface area contributed by atoms with Crippen LogP contribution in [0.25, 0.3) is 10.8 Å². The molecule has 0 unspecified atom stereocenters. The quantitative estimate of drug-likeness (QED) is 0.808. The zero-order valence-electron chi connectivity index (χ0n) is 10.8. The van der Waals surface area contributed by atoms with Crippen molar-refractivity contribution in [3.8, 4) is 17.2 Å². The lowest BCUT2D eigenvalue weighted by atomic mass is 10.0. The van der Waals surface area contributed by atoms with Gasteiger partial charge in [-0.15, -0.1) is 0 Å². The van der Waals surface area contributed by atoms with E-state index in [2.05, 4.69) is 15.9 Å². The minimum Gasteiger partial charge on any atom is -0.497 e. The molecule has 0 saturated heterocycles. The molecule has 2 aromatic carbocycles. The van der Waals surface area contributed by atoms with Crippen LogP contribution in [0.15, 0.2) is 22.7 Å². The van der Waals surface area contributed by atoms with Gasteiger partial charge >= 0.3 is 0 Å². The first-order valence-electron chi connectivity index (χ1n) is 5.53. The first-order valence-corrected chi connectivity index (χ1v) is 6.33. The molecule has 2 aromatic rings. The molecule has 0 fully saturated rings.